The van der Waals surface area contributed by atoms with Crippen LogP contribution < -0.4 is 0 Å². The minimum Gasteiger partial charge on any atom is -0.384 e. The molecular weight excluding hydrogens is 252 g/mol. The van der Waals surface area contributed by atoms with E-state index in [0.717, 1.165) is 19.5 Å². The van der Waals surface area contributed by atoms with Crippen molar-refractivity contribution in [1.82, 2.24) is 9.88 Å². The van der Waals surface area contributed by atoms with Gasteiger partial charge < -0.3 is 10.0 Å². The van der Waals surface area contributed by atoms with Crippen LogP contribution in [-0.4, -0.2) is 40.6 Å². The first kappa shape index (κ1) is 14.5. The minimum atomic E-state index is -0.191. The average molecular weight is 272 g/mol. The summed E-state index contributed by atoms with van der Waals surface area (Å²) in [5, 5.41) is 8.69. The third-order valence-electron chi connectivity index (χ3n) is 3.57. The predicted molar refractivity (Wildman–Crippen MR) is 77.1 cm³/mol. The van der Waals surface area contributed by atoms with Crippen molar-refractivity contribution >= 4 is 5.91 Å². The van der Waals surface area contributed by atoms with Crippen LogP contribution in [0, 0.1) is 17.8 Å². The second-order valence-corrected chi connectivity index (χ2v) is 5.12. The lowest BCUT2D eigenvalue weighted by atomic mass is 10.0. The topological polar surface area (TPSA) is 53.4 Å². The van der Waals surface area contributed by atoms with Gasteiger partial charge in [-0.15, -0.1) is 0 Å². The van der Waals surface area contributed by atoms with E-state index < -0.39 is 0 Å². The highest BCUT2D eigenvalue weighted by atomic mass is 16.2. The maximum absolute atomic E-state index is 12.4. The van der Waals surface area contributed by atoms with Crippen molar-refractivity contribution in [2.24, 2.45) is 5.92 Å². The first-order valence-electron chi connectivity index (χ1n) is 7.08. The van der Waals surface area contributed by atoms with E-state index in [1.807, 2.05) is 4.90 Å². The lowest BCUT2D eigenvalue weighted by molar-refractivity contribution is 0.0786. The summed E-state index contributed by atoms with van der Waals surface area (Å²) < 4.78 is 0. The first-order chi connectivity index (χ1) is 9.74. The molecule has 1 aromatic rings. The number of rotatable bonds is 3. The average Bonchev–Trinajstić information content (AvgIpc) is 2.93. The normalized spacial score (nSPS) is 17.7. The molecule has 1 saturated heterocycles. The van der Waals surface area contributed by atoms with Crippen molar-refractivity contribution in [3.63, 3.8) is 0 Å². The summed E-state index contributed by atoms with van der Waals surface area (Å²) in [6.07, 6.45) is 6.63. The van der Waals surface area contributed by atoms with Crippen LogP contribution >= 0.6 is 0 Å². The second kappa shape index (κ2) is 7.06. The molecule has 1 N–H and O–H groups in total. The van der Waals surface area contributed by atoms with Gasteiger partial charge in [-0.1, -0.05) is 25.2 Å². The molecule has 0 aromatic carbocycles. The maximum atomic E-state index is 12.4. The van der Waals surface area contributed by atoms with Gasteiger partial charge in [0, 0.05) is 31.0 Å². The SMILES string of the molecule is CCCC1CCN(C(=O)c2cncc(C#CCO)c2)C1. The van der Waals surface area contributed by atoms with Crippen LogP contribution in [0.1, 0.15) is 42.1 Å². The molecule has 0 saturated carbocycles. The lowest BCUT2D eigenvalue weighted by Crippen LogP contribution is -2.28. The van der Waals surface area contributed by atoms with E-state index >= 15 is 0 Å². The Balaban J connectivity index is 2.06. The molecule has 4 nitrogen and oxygen atoms in total. The Bertz CT molecular complexity index is 531. The number of likely N-dealkylation sites (tertiary alicyclic amines) is 1. The van der Waals surface area contributed by atoms with E-state index in [4.69, 9.17) is 5.11 Å². The molecule has 0 radical (unpaired) electrons. The van der Waals surface area contributed by atoms with Gasteiger partial charge >= 0.3 is 0 Å². The van der Waals surface area contributed by atoms with Crippen molar-refractivity contribution in [2.75, 3.05) is 19.7 Å². The summed E-state index contributed by atoms with van der Waals surface area (Å²) in [6.45, 7) is 3.66. The molecule has 1 fully saturated rings. The number of carbonyl (C=O) groups excluding carboxylic acids is 1. The summed E-state index contributed by atoms with van der Waals surface area (Å²) in [5.41, 5.74) is 1.24. The highest BCUT2D eigenvalue weighted by Gasteiger charge is 2.26. The van der Waals surface area contributed by atoms with Gasteiger partial charge in [0.25, 0.3) is 5.91 Å². The molecule has 20 heavy (non-hydrogen) atoms. The second-order valence-electron chi connectivity index (χ2n) is 5.12. The smallest absolute Gasteiger partial charge is 0.255 e. The highest BCUT2D eigenvalue weighted by molar-refractivity contribution is 5.94. The molecule has 106 valence electrons. The van der Waals surface area contributed by atoms with Crippen LogP contribution in [0.4, 0.5) is 0 Å². The van der Waals surface area contributed by atoms with Crippen LogP contribution in [0.3, 0.4) is 0 Å². The molecule has 0 spiro atoms. The Morgan fingerprint density at radius 2 is 2.40 bits per heavy atom. The van der Waals surface area contributed by atoms with Gasteiger partial charge in [-0.25, -0.2) is 0 Å². The number of aliphatic hydroxyl groups is 1. The summed E-state index contributed by atoms with van der Waals surface area (Å²) in [5.74, 6) is 6.01. The molecule has 1 aliphatic heterocycles. The zero-order valence-corrected chi connectivity index (χ0v) is 11.8. The molecule has 1 aliphatic rings. The molecule has 0 aliphatic carbocycles. The largest absolute Gasteiger partial charge is 0.384 e. The molecule has 1 atom stereocenters. The Kier molecular flexibility index (Phi) is 5.14. The Morgan fingerprint density at radius 3 is 3.15 bits per heavy atom. The molecule has 2 heterocycles. The Hall–Kier alpha value is -1.86. The van der Waals surface area contributed by atoms with Gasteiger partial charge in [-0.3, -0.25) is 9.78 Å². The van der Waals surface area contributed by atoms with Crippen LogP contribution in [0.25, 0.3) is 0 Å². The fraction of sp³-hybridized carbons (Fsp3) is 0.500. The monoisotopic (exact) mass is 272 g/mol. The maximum Gasteiger partial charge on any atom is 0.255 e. The van der Waals surface area contributed by atoms with Crippen molar-refractivity contribution in [3.8, 4) is 11.8 Å². The molecular formula is C16H20N2O2. The van der Waals surface area contributed by atoms with Crippen molar-refractivity contribution in [1.29, 1.82) is 0 Å². The molecule has 1 unspecified atom stereocenters. The van der Waals surface area contributed by atoms with Crippen LogP contribution in [0.2, 0.25) is 0 Å². The third kappa shape index (κ3) is 3.58. The van der Waals surface area contributed by atoms with Crippen molar-refractivity contribution < 1.29 is 9.90 Å². The summed E-state index contributed by atoms with van der Waals surface area (Å²) in [6, 6.07) is 1.74. The third-order valence-corrected chi connectivity index (χ3v) is 3.57. The van der Waals surface area contributed by atoms with Crippen LogP contribution in [0.15, 0.2) is 18.5 Å². The number of hydrogen-bond donors (Lipinski definition) is 1. The van der Waals surface area contributed by atoms with E-state index in [0.29, 0.717) is 17.0 Å². The quantitative estimate of drug-likeness (QED) is 0.852. The zero-order valence-electron chi connectivity index (χ0n) is 11.8. The van der Waals surface area contributed by atoms with Gasteiger partial charge in [0.2, 0.25) is 0 Å². The fourth-order valence-electron chi connectivity index (χ4n) is 2.61. The molecule has 1 aromatic heterocycles. The lowest BCUT2D eigenvalue weighted by Gasteiger charge is -2.16. The number of hydrogen-bond acceptors (Lipinski definition) is 3. The minimum absolute atomic E-state index is 0.0313. The molecule has 0 bridgehead atoms. The highest BCUT2D eigenvalue weighted by Crippen LogP contribution is 2.22. The number of nitrogens with zero attached hydrogens (tertiary/aromatic N) is 2. The summed E-state index contributed by atoms with van der Waals surface area (Å²) in [7, 11) is 0. The standard InChI is InChI=1S/C16H20N2O2/c1-2-4-13-6-7-18(12-13)16(20)15-9-14(5-3-8-19)10-17-11-15/h9-11,13,19H,2,4,6-8,12H2,1H3. The number of amides is 1. The van der Waals surface area contributed by atoms with Crippen LogP contribution in [-0.2, 0) is 0 Å². The Labute approximate surface area is 119 Å². The van der Waals surface area contributed by atoms with E-state index in [1.165, 1.54) is 12.8 Å². The first-order valence-corrected chi connectivity index (χ1v) is 7.08. The molecule has 1 amide bonds. The van der Waals surface area contributed by atoms with Gasteiger partial charge in [-0.05, 0) is 24.8 Å². The van der Waals surface area contributed by atoms with Gasteiger partial charge in [0.05, 0.1) is 5.56 Å². The van der Waals surface area contributed by atoms with Gasteiger partial charge in [0.15, 0.2) is 0 Å². The van der Waals surface area contributed by atoms with Crippen LogP contribution in [0.5, 0.6) is 0 Å². The summed E-state index contributed by atoms with van der Waals surface area (Å²) >= 11 is 0. The number of aromatic nitrogens is 1. The van der Waals surface area contributed by atoms with E-state index in [2.05, 4.69) is 23.7 Å². The number of aliphatic hydroxyl groups excluding tert-OH is 1. The van der Waals surface area contributed by atoms with E-state index in [1.54, 1.807) is 18.5 Å². The molecule has 2 rings (SSSR count). The fourth-order valence-corrected chi connectivity index (χ4v) is 2.61. The number of carbonyl (C=O) groups is 1. The summed E-state index contributed by atoms with van der Waals surface area (Å²) in [4.78, 5) is 18.4. The molecule has 4 heteroatoms. The van der Waals surface area contributed by atoms with Crippen molar-refractivity contribution in [3.05, 3.63) is 29.6 Å². The van der Waals surface area contributed by atoms with Crippen molar-refractivity contribution in [2.45, 2.75) is 26.2 Å². The van der Waals surface area contributed by atoms with E-state index in [9.17, 15) is 4.79 Å². The van der Waals surface area contributed by atoms with Gasteiger partial charge in [0.1, 0.15) is 6.61 Å². The van der Waals surface area contributed by atoms with Gasteiger partial charge in [-0.2, -0.15) is 0 Å². The van der Waals surface area contributed by atoms with E-state index in [-0.39, 0.29) is 12.5 Å². The zero-order chi connectivity index (χ0) is 14.4. The predicted octanol–water partition coefficient (Wildman–Crippen LogP) is 1.69. The Morgan fingerprint density at radius 1 is 1.55 bits per heavy atom. The number of pyridine rings is 1.